The topological polar surface area (TPSA) is 53.4 Å². The summed E-state index contributed by atoms with van der Waals surface area (Å²) in [7, 11) is 0. The highest BCUT2D eigenvalue weighted by Crippen LogP contribution is 2.20. The lowest BCUT2D eigenvalue weighted by atomic mass is 10.3. The SMILES string of the molecule is C#CCN(CC(=O)O)Cc1ncc(Br)cc1Br. The van der Waals surface area contributed by atoms with E-state index in [1.807, 2.05) is 6.07 Å². The Labute approximate surface area is 116 Å². The highest BCUT2D eigenvalue weighted by molar-refractivity contribution is 9.11. The summed E-state index contributed by atoms with van der Waals surface area (Å²) in [6.07, 6.45) is 6.86. The Kier molecular flexibility index (Phi) is 5.62. The molecule has 0 aliphatic heterocycles. The minimum atomic E-state index is -0.909. The van der Waals surface area contributed by atoms with Crippen LogP contribution >= 0.6 is 31.9 Å². The van der Waals surface area contributed by atoms with E-state index in [2.05, 4.69) is 42.8 Å². The lowest BCUT2D eigenvalue weighted by Crippen LogP contribution is -2.30. The molecule has 1 aromatic heterocycles. The minimum Gasteiger partial charge on any atom is -0.480 e. The van der Waals surface area contributed by atoms with Crippen LogP contribution in [0.25, 0.3) is 0 Å². The monoisotopic (exact) mass is 360 g/mol. The lowest BCUT2D eigenvalue weighted by molar-refractivity contribution is -0.138. The normalized spacial score (nSPS) is 10.2. The number of pyridine rings is 1. The molecule has 1 N–H and O–H groups in total. The first kappa shape index (κ1) is 14.2. The van der Waals surface area contributed by atoms with Gasteiger partial charge in [0.05, 0.1) is 18.8 Å². The number of hydrogen-bond donors (Lipinski definition) is 1. The number of aromatic nitrogens is 1. The van der Waals surface area contributed by atoms with Gasteiger partial charge >= 0.3 is 5.97 Å². The second-order valence-corrected chi connectivity index (χ2v) is 5.10. The highest BCUT2D eigenvalue weighted by Gasteiger charge is 2.12. The lowest BCUT2D eigenvalue weighted by Gasteiger charge is -2.17. The molecule has 0 aliphatic carbocycles. The third-order valence-corrected chi connectivity index (χ3v) is 3.05. The second kappa shape index (κ2) is 6.74. The molecule has 0 atom stereocenters. The Hall–Kier alpha value is -0.900. The van der Waals surface area contributed by atoms with Crippen LogP contribution in [0.15, 0.2) is 21.2 Å². The third kappa shape index (κ3) is 4.86. The first-order valence-electron chi connectivity index (χ1n) is 4.70. The number of aliphatic carboxylic acids is 1. The van der Waals surface area contributed by atoms with Crippen LogP contribution in [0.4, 0.5) is 0 Å². The molecule has 90 valence electrons. The Balaban J connectivity index is 2.78. The largest absolute Gasteiger partial charge is 0.480 e. The van der Waals surface area contributed by atoms with Gasteiger partial charge in [0.25, 0.3) is 0 Å². The van der Waals surface area contributed by atoms with Crippen molar-refractivity contribution in [3.8, 4) is 12.3 Å². The maximum Gasteiger partial charge on any atom is 0.317 e. The van der Waals surface area contributed by atoms with Crippen molar-refractivity contribution in [2.45, 2.75) is 6.54 Å². The van der Waals surface area contributed by atoms with Crippen LogP contribution < -0.4 is 0 Å². The van der Waals surface area contributed by atoms with Crippen molar-refractivity contribution in [2.75, 3.05) is 13.1 Å². The highest BCUT2D eigenvalue weighted by atomic mass is 79.9. The number of carboxylic acid groups (broad SMARTS) is 1. The van der Waals surface area contributed by atoms with E-state index in [0.717, 1.165) is 14.6 Å². The van der Waals surface area contributed by atoms with Crippen molar-refractivity contribution in [3.05, 3.63) is 26.9 Å². The first-order valence-corrected chi connectivity index (χ1v) is 6.29. The fourth-order valence-electron chi connectivity index (χ4n) is 1.26. The van der Waals surface area contributed by atoms with Crippen LogP contribution in [0.5, 0.6) is 0 Å². The summed E-state index contributed by atoms with van der Waals surface area (Å²) in [4.78, 5) is 16.5. The molecule has 0 aliphatic rings. The summed E-state index contributed by atoms with van der Waals surface area (Å²) in [5, 5.41) is 8.75. The zero-order valence-corrected chi connectivity index (χ0v) is 12.0. The molecular formula is C11H10Br2N2O2. The molecule has 0 fully saturated rings. The van der Waals surface area contributed by atoms with Gasteiger partial charge in [-0.1, -0.05) is 5.92 Å². The average molecular weight is 362 g/mol. The van der Waals surface area contributed by atoms with E-state index >= 15 is 0 Å². The van der Waals surface area contributed by atoms with Crippen molar-refractivity contribution in [2.24, 2.45) is 0 Å². The Morgan fingerprint density at radius 3 is 2.82 bits per heavy atom. The van der Waals surface area contributed by atoms with E-state index in [-0.39, 0.29) is 13.1 Å². The molecular weight excluding hydrogens is 352 g/mol. The number of rotatable bonds is 5. The number of nitrogens with zero attached hydrogens (tertiary/aromatic N) is 2. The van der Waals surface area contributed by atoms with Crippen molar-refractivity contribution in [1.29, 1.82) is 0 Å². The first-order chi connectivity index (χ1) is 8.02. The number of hydrogen-bond acceptors (Lipinski definition) is 3. The van der Waals surface area contributed by atoms with Crippen LogP contribution in [0.1, 0.15) is 5.69 Å². The summed E-state index contributed by atoms with van der Waals surface area (Å²) >= 11 is 6.68. The van der Waals surface area contributed by atoms with E-state index in [9.17, 15) is 4.79 Å². The maximum atomic E-state index is 10.7. The van der Waals surface area contributed by atoms with Gasteiger partial charge in [-0.25, -0.2) is 0 Å². The molecule has 0 saturated carbocycles. The molecule has 1 aromatic rings. The molecule has 4 nitrogen and oxygen atoms in total. The molecule has 0 radical (unpaired) electrons. The number of terminal acetylenes is 1. The van der Waals surface area contributed by atoms with Crippen molar-refractivity contribution in [1.82, 2.24) is 9.88 Å². The fraction of sp³-hybridized carbons (Fsp3) is 0.273. The maximum absolute atomic E-state index is 10.7. The molecule has 0 amide bonds. The van der Waals surface area contributed by atoms with Crippen molar-refractivity contribution in [3.63, 3.8) is 0 Å². The molecule has 0 unspecified atom stereocenters. The second-order valence-electron chi connectivity index (χ2n) is 3.33. The minimum absolute atomic E-state index is 0.103. The molecule has 1 rings (SSSR count). The Bertz CT molecular complexity index is 457. The molecule has 17 heavy (non-hydrogen) atoms. The molecule has 1 heterocycles. The summed E-state index contributed by atoms with van der Waals surface area (Å²) < 4.78 is 1.68. The summed E-state index contributed by atoms with van der Waals surface area (Å²) in [5.74, 6) is 1.53. The third-order valence-electron chi connectivity index (χ3n) is 1.93. The Morgan fingerprint density at radius 2 is 2.29 bits per heavy atom. The van der Waals surface area contributed by atoms with Gasteiger partial charge in [-0.15, -0.1) is 6.42 Å². The summed E-state index contributed by atoms with van der Waals surface area (Å²) in [6.45, 7) is 0.565. The fourth-order valence-corrected chi connectivity index (χ4v) is 2.37. The van der Waals surface area contributed by atoms with Gasteiger partial charge < -0.3 is 5.11 Å². The zero-order valence-electron chi connectivity index (χ0n) is 8.86. The van der Waals surface area contributed by atoms with E-state index in [1.165, 1.54) is 0 Å². The van der Waals surface area contributed by atoms with Gasteiger partial charge in [0, 0.05) is 21.7 Å². The van der Waals surface area contributed by atoms with Gasteiger partial charge in [-0.3, -0.25) is 14.7 Å². The van der Waals surface area contributed by atoms with E-state index in [4.69, 9.17) is 11.5 Å². The number of halogens is 2. The van der Waals surface area contributed by atoms with Crippen LogP contribution in [0.3, 0.4) is 0 Å². The van der Waals surface area contributed by atoms with Crippen molar-refractivity contribution < 1.29 is 9.90 Å². The van der Waals surface area contributed by atoms with Crippen LogP contribution in [-0.2, 0) is 11.3 Å². The van der Waals surface area contributed by atoms with Crippen LogP contribution in [0.2, 0.25) is 0 Å². The van der Waals surface area contributed by atoms with Gasteiger partial charge in [0.15, 0.2) is 0 Å². The smallest absolute Gasteiger partial charge is 0.317 e. The predicted molar refractivity (Wildman–Crippen MR) is 71.4 cm³/mol. The summed E-state index contributed by atoms with van der Waals surface area (Å²) in [6, 6.07) is 1.86. The molecule has 0 bridgehead atoms. The van der Waals surface area contributed by atoms with Gasteiger partial charge in [-0.05, 0) is 37.9 Å². The number of carboxylic acids is 1. The van der Waals surface area contributed by atoms with Gasteiger partial charge in [-0.2, -0.15) is 0 Å². The van der Waals surface area contributed by atoms with E-state index in [0.29, 0.717) is 6.54 Å². The average Bonchev–Trinajstić information content (AvgIpc) is 2.21. The summed E-state index contributed by atoms with van der Waals surface area (Å²) in [5.41, 5.74) is 0.754. The van der Waals surface area contributed by atoms with E-state index < -0.39 is 5.97 Å². The molecule has 0 aromatic carbocycles. The van der Waals surface area contributed by atoms with Crippen LogP contribution in [0, 0.1) is 12.3 Å². The standard InChI is InChI=1S/C11H10Br2N2O2/c1-2-3-15(7-11(16)17)6-10-9(13)4-8(12)5-14-10/h1,4-5H,3,6-7H2,(H,16,17). The van der Waals surface area contributed by atoms with Gasteiger partial charge in [0.2, 0.25) is 0 Å². The van der Waals surface area contributed by atoms with Gasteiger partial charge in [0.1, 0.15) is 0 Å². The predicted octanol–water partition coefficient (Wildman–Crippen LogP) is 2.13. The Morgan fingerprint density at radius 1 is 1.59 bits per heavy atom. The zero-order chi connectivity index (χ0) is 12.8. The van der Waals surface area contributed by atoms with E-state index in [1.54, 1.807) is 11.1 Å². The number of carbonyl (C=O) groups is 1. The quantitative estimate of drug-likeness (QED) is 0.816. The van der Waals surface area contributed by atoms with Crippen molar-refractivity contribution >= 4 is 37.8 Å². The molecule has 6 heteroatoms. The van der Waals surface area contributed by atoms with Crippen LogP contribution in [-0.4, -0.2) is 34.0 Å². The molecule has 0 spiro atoms. The molecule has 0 saturated heterocycles.